The normalized spacial score (nSPS) is 16.3. The molecule has 0 amide bonds. The summed E-state index contributed by atoms with van der Waals surface area (Å²) in [6.07, 6.45) is 2.86. The van der Waals surface area contributed by atoms with E-state index in [1.807, 2.05) is 12.1 Å². The fraction of sp³-hybridized carbons (Fsp3) is 0.545. The van der Waals surface area contributed by atoms with Crippen molar-refractivity contribution in [3.8, 4) is 5.75 Å². The molecule has 1 unspecified atom stereocenters. The second-order valence-electron chi connectivity index (χ2n) is 7.32. The number of nitrogens with zero attached hydrogens (tertiary/aromatic N) is 3. The van der Waals surface area contributed by atoms with E-state index < -0.39 is 0 Å². The Labute approximate surface area is 196 Å². The summed E-state index contributed by atoms with van der Waals surface area (Å²) in [4.78, 5) is 6.78. The van der Waals surface area contributed by atoms with E-state index in [0.717, 1.165) is 67.6 Å². The van der Waals surface area contributed by atoms with Crippen molar-refractivity contribution in [3.05, 3.63) is 41.3 Å². The highest BCUT2D eigenvalue weighted by Gasteiger charge is 2.24. The number of halogens is 1. The minimum atomic E-state index is 0. The van der Waals surface area contributed by atoms with Crippen LogP contribution in [0.25, 0.3) is 0 Å². The summed E-state index contributed by atoms with van der Waals surface area (Å²) < 4.78 is 11.0. The van der Waals surface area contributed by atoms with Gasteiger partial charge < -0.3 is 24.8 Å². The standard InChI is InChI=1S/C22H33N5O2.HI/c1-5-18-17(20(6-2)29-26-18)14-25-22(23-3)24-13-16-11-12-27(15-16)19-9-7-8-10-21(19)28-4;/h7-10,16H,5-6,11-15H2,1-4H3,(H2,23,24,25);1H. The second-order valence-corrected chi connectivity index (χ2v) is 7.32. The molecule has 2 N–H and O–H groups in total. The molecule has 166 valence electrons. The van der Waals surface area contributed by atoms with Crippen molar-refractivity contribution in [3.63, 3.8) is 0 Å². The first kappa shape index (κ1) is 24.3. The smallest absolute Gasteiger partial charge is 0.191 e. The van der Waals surface area contributed by atoms with Gasteiger partial charge in [-0.3, -0.25) is 4.99 Å². The lowest BCUT2D eigenvalue weighted by Gasteiger charge is -2.21. The Morgan fingerprint density at radius 3 is 2.77 bits per heavy atom. The molecule has 1 aromatic carbocycles. The topological polar surface area (TPSA) is 74.9 Å². The van der Waals surface area contributed by atoms with Crippen LogP contribution >= 0.6 is 24.0 Å². The number of aromatic nitrogens is 1. The molecule has 8 heteroatoms. The summed E-state index contributed by atoms with van der Waals surface area (Å²) >= 11 is 0. The van der Waals surface area contributed by atoms with Gasteiger partial charge in [-0.2, -0.15) is 0 Å². The first-order valence-corrected chi connectivity index (χ1v) is 10.5. The Morgan fingerprint density at radius 2 is 2.07 bits per heavy atom. The van der Waals surface area contributed by atoms with E-state index in [1.54, 1.807) is 14.2 Å². The van der Waals surface area contributed by atoms with Crippen LogP contribution in [0.2, 0.25) is 0 Å². The van der Waals surface area contributed by atoms with Crippen LogP contribution in [0.4, 0.5) is 5.69 Å². The molecule has 1 aromatic heterocycles. The van der Waals surface area contributed by atoms with Crippen molar-refractivity contribution in [2.45, 2.75) is 39.7 Å². The second kappa shape index (κ2) is 12.0. The van der Waals surface area contributed by atoms with Gasteiger partial charge in [0.1, 0.15) is 11.5 Å². The number of ether oxygens (including phenoxy) is 1. The van der Waals surface area contributed by atoms with Crippen molar-refractivity contribution in [2.75, 3.05) is 38.7 Å². The molecule has 1 aliphatic rings. The van der Waals surface area contributed by atoms with E-state index in [2.05, 4.69) is 51.7 Å². The van der Waals surface area contributed by atoms with E-state index in [1.165, 1.54) is 5.69 Å². The quantitative estimate of drug-likeness (QED) is 0.311. The monoisotopic (exact) mass is 527 g/mol. The molecule has 30 heavy (non-hydrogen) atoms. The Bertz CT molecular complexity index is 802. The summed E-state index contributed by atoms with van der Waals surface area (Å²) in [6.45, 7) is 7.80. The Morgan fingerprint density at radius 1 is 1.27 bits per heavy atom. The molecule has 0 aliphatic carbocycles. The fourth-order valence-corrected chi connectivity index (χ4v) is 3.88. The highest BCUT2D eigenvalue weighted by atomic mass is 127. The maximum Gasteiger partial charge on any atom is 0.191 e. The average Bonchev–Trinajstić information content (AvgIpc) is 3.40. The molecule has 0 spiro atoms. The molecular weight excluding hydrogens is 493 g/mol. The minimum absolute atomic E-state index is 0. The number of para-hydroxylation sites is 2. The van der Waals surface area contributed by atoms with Crippen molar-refractivity contribution in [1.82, 2.24) is 15.8 Å². The maximum atomic E-state index is 5.51. The Hall–Kier alpha value is -1.97. The van der Waals surface area contributed by atoms with Crippen LogP contribution in [0.1, 0.15) is 37.3 Å². The zero-order chi connectivity index (χ0) is 20.6. The SMILES string of the molecule is CCc1noc(CC)c1CNC(=NC)NCC1CCN(c2ccccc2OC)C1.I. The molecule has 1 atom stereocenters. The van der Waals surface area contributed by atoms with Crippen LogP contribution in [0.15, 0.2) is 33.8 Å². The molecule has 1 aliphatic heterocycles. The predicted octanol–water partition coefficient (Wildman–Crippen LogP) is 3.62. The number of aryl methyl sites for hydroxylation is 2. The molecule has 7 nitrogen and oxygen atoms in total. The van der Waals surface area contributed by atoms with Gasteiger partial charge >= 0.3 is 0 Å². The molecule has 1 fully saturated rings. The summed E-state index contributed by atoms with van der Waals surface area (Å²) in [7, 11) is 3.53. The number of anilines is 1. The van der Waals surface area contributed by atoms with E-state index >= 15 is 0 Å². The molecule has 2 heterocycles. The number of benzene rings is 1. The Kier molecular flexibility index (Phi) is 9.74. The van der Waals surface area contributed by atoms with E-state index in [0.29, 0.717) is 12.5 Å². The molecular formula is C22H34IN5O2. The number of methoxy groups -OCH3 is 1. The lowest BCUT2D eigenvalue weighted by Crippen LogP contribution is -2.40. The van der Waals surface area contributed by atoms with Gasteiger partial charge in [0.25, 0.3) is 0 Å². The third-order valence-electron chi connectivity index (χ3n) is 5.53. The van der Waals surface area contributed by atoms with Crippen LogP contribution in [0.5, 0.6) is 5.75 Å². The van der Waals surface area contributed by atoms with Gasteiger partial charge in [0.05, 0.1) is 18.5 Å². The zero-order valence-corrected chi connectivity index (χ0v) is 20.7. The Balaban J connectivity index is 0.00000320. The number of rotatable bonds is 8. The molecule has 0 bridgehead atoms. The third kappa shape index (κ3) is 5.80. The van der Waals surface area contributed by atoms with Crippen LogP contribution < -0.4 is 20.3 Å². The molecule has 1 saturated heterocycles. The van der Waals surface area contributed by atoms with E-state index in [9.17, 15) is 0 Å². The highest BCUT2D eigenvalue weighted by Crippen LogP contribution is 2.31. The molecule has 0 saturated carbocycles. The van der Waals surface area contributed by atoms with Gasteiger partial charge in [-0.1, -0.05) is 31.1 Å². The van der Waals surface area contributed by atoms with Crippen LogP contribution in [-0.2, 0) is 19.4 Å². The van der Waals surface area contributed by atoms with Crippen LogP contribution in [0, 0.1) is 5.92 Å². The van der Waals surface area contributed by atoms with Gasteiger partial charge in [0.2, 0.25) is 0 Å². The largest absolute Gasteiger partial charge is 0.495 e. The molecule has 3 rings (SSSR count). The first-order valence-electron chi connectivity index (χ1n) is 10.5. The number of hydrogen-bond donors (Lipinski definition) is 2. The van der Waals surface area contributed by atoms with Gasteiger partial charge in [-0.15, -0.1) is 24.0 Å². The van der Waals surface area contributed by atoms with Crippen molar-refractivity contribution in [1.29, 1.82) is 0 Å². The van der Waals surface area contributed by atoms with Crippen molar-refractivity contribution < 1.29 is 9.26 Å². The maximum absolute atomic E-state index is 5.51. The first-order chi connectivity index (χ1) is 14.2. The number of nitrogens with one attached hydrogen (secondary N) is 2. The summed E-state index contributed by atoms with van der Waals surface area (Å²) in [5, 5.41) is 11.1. The number of guanidine groups is 1. The lowest BCUT2D eigenvalue weighted by molar-refractivity contribution is 0.380. The summed E-state index contributed by atoms with van der Waals surface area (Å²) in [6, 6.07) is 8.23. The lowest BCUT2D eigenvalue weighted by atomic mass is 10.1. The van der Waals surface area contributed by atoms with E-state index in [-0.39, 0.29) is 24.0 Å². The average molecular weight is 527 g/mol. The van der Waals surface area contributed by atoms with Crippen molar-refractivity contribution in [2.24, 2.45) is 10.9 Å². The van der Waals surface area contributed by atoms with Crippen LogP contribution in [0.3, 0.4) is 0 Å². The van der Waals surface area contributed by atoms with Gasteiger partial charge in [-0.05, 0) is 30.9 Å². The number of aliphatic imine (C=N–C) groups is 1. The fourth-order valence-electron chi connectivity index (χ4n) is 3.88. The van der Waals surface area contributed by atoms with Crippen LogP contribution in [-0.4, -0.2) is 44.9 Å². The summed E-state index contributed by atoms with van der Waals surface area (Å²) in [5.41, 5.74) is 3.35. The van der Waals surface area contributed by atoms with E-state index in [4.69, 9.17) is 9.26 Å². The van der Waals surface area contributed by atoms with Gasteiger partial charge in [0, 0.05) is 45.2 Å². The highest BCUT2D eigenvalue weighted by molar-refractivity contribution is 14.0. The summed E-state index contributed by atoms with van der Waals surface area (Å²) in [5.74, 6) is 3.26. The third-order valence-corrected chi connectivity index (χ3v) is 5.53. The van der Waals surface area contributed by atoms with Gasteiger partial charge in [0.15, 0.2) is 5.96 Å². The van der Waals surface area contributed by atoms with Crippen molar-refractivity contribution >= 4 is 35.6 Å². The minimum Gasteiger partial charge on any atom is -0.495 e. The predicted molar refractivity (Wildman–Crippen MR) is 132 cm³/mol. The molecule has 0 radical (unpaired) electrons. The zero-order valence-electron chi connectivity index (χ0n) is 18.4. The molecule has 2 aromatic rings. The number of hydrogen-bond acceptors (Lipinski definition) is 5. The van der Waals surface area contributed by atoms with Gasteiger partial charge in [-0.25, -0.2) is 0 Å².